The normalized spacial score (nSPS) is 10.7. The average molecular weight is 238 g/mol. The van der Waals surface area contributed by atoms with Crippen molar-refractivity contribution in [2.24, 2.45) is 0 Å². The third-order valence-electron chi connectivity index (χ3n) is 2.59. The first-order valence-electron chi connectivity index (χ1n) is 5.35. The molecule has 0 amide bonds. The second-order valence-corrected chi connectivity index (χ2v) is 3.79. The maximum atomic E-state index is 5.74. The van der Waals surface area contributed by atoms with Crippen molar-refractivity contribution in [2.45, 2.75) is 0 Å². The summed E-state index contributed by atoms with van der Waals surface area (Å²) >= 11 is 0. The van der Waals surface area contributed by atoms with Gasteiger partial charge in [-0.3, -0.25) is 0 Å². The van der Waals surface area contributed by atoms with Crippen LogP contribution in [0.1, 0.15) is 0 Å². The van der Waals surface area contributed by atoms with Gasteiger partial charge in [0.2, 0.25) is 0 Å². The molecule has 2 heterocycles. The Hall–Kier alpha value is -2.76. The number of nitrogens with two attached hydrogens (primary N) is 2. The number of rotatable bonds is 1. The van der Waals surface area contributed by atoms with Gasteiger partial charge in [0.25, 0.3) is 0 Å². The summed E-state index contributed by atoms with van der Waals surface area (Å²) < 4.78 is 0. The monoisotopic (exact) mass is 238 g/mol. The standard InChI is InChI=1S/C12H10N6/c13-11-9-10(12(14)18-17-11)16-8(6-15-9)7-4-2-1-3-5-7/h1-6H,(H2,13,17)(H2,14,18). The highest BCUT2D eigenvalue weighted by Gasteiger charge is 2.09. The molecule has 0 fully saturated rings. The topological polar surface area (TPSA) is 104 Å². The smallest absolute Gasteiger partial charge is 0.174 e. The van der Waals surface area contributed by atoms with E-state index in [2.05, 4.69) is 20.2 Å². The van der Waals surface area contributed by atoms with Crippen LogP contribution >= 0.6 is 0 Å². The first kappa shape index (κ1) is 10.4. The van der Waals surface area contributed by atoms with Gasteiger partial charge in [0.05, 0.1) is 11.9 Å². The molecule has 0 unspecified atom stereocenters. The van der Waals surface area contributed by atoms with Gasteiger partial charge >= 0.3 is 0 Å². The molecule has 0 saturated heterocycles. The van der Waals surface area contributed by atoms with E-state index in [1.165, 1.54) is 0 Å². The van der Waals surface area contributed by atoms with Gasteiger partial charge in [0, 0.05) is 5.56 Å². The van der Waals surface area contributed by atoms with Crippen molar-refractivity contribution in [3.8, 4) is 11.3 Å². The number of hydrogen-bond acceptors (Lipinski definition) is 6. The van der Waals surface area contributed by atoms with Gasteiger partial charge in [0.1, 0.15) is 11.0 Å². The van der Waals surface area contributed by atoms with Gasteiger partial charge in [-0.2, -0.15) is 0 Å². The molecule has 0 radical (unpaired) electrons. The molecule has 0 saturated carbocycles. The second-order valence-electron chi connectivity index (χ2n) is 3.79. The lowest BCUT2D eigenvalue weighted by atomic mass is 10.1. The fraction of sp³-hybridized carbons (Fsp3) is 0. The van der Waals surface area contributed by atoms with Crippen molar-refractivity contribution in [1.82, 2.24) is 20.2 Å². The van der Waals surface area contributed by atoms with Gasteiger partial charge < -0.3 is 11.5 Å². The summed E-state index contributed by atoms with van der Waals surface area (Å²) in [6, 6.07) is 9.71. The minimum Gasteiger partial charge on any atom is -0.380 e. The molecular formula is C12H10N6. The summed E-state index contributed by atoms with van der Waals surface area (Å²) in [5.41, 5.74) is 14.1. The molecule has 0 bridgehead atoms. The molecule has 1 aromatic carbocycles. The lowest BCUT2D eigenvalue weighted by Crippen LogP contribution is -2.03. The molecule has 3 rings (SSSR count). The summed E-state index contributed by atoms with van der Waals surface area (Å²) in [5, 5.41) is 7.45. The maximum absolute atomic E-state index is 5.74. The third-order valence-corrected chi connectivity index (χ3v) is 2.59. The highest BCUT2D eigenvalue weighted by molar-refractivity contribution is 5.91. The van der Waals surface area contributed by atoms with Crippen molar-refractivity contribution in [1.29, 1.82) is 0 Å². The van der Waals surface area contributed by atoms with Crippen LogP contribution in [0.2, 0.25) is 0 Å². The summed E-state index contributed by atoms with van der Waals surface area (Å²) in [4.78, 5) is 8.68. The Labute approximate surface area is 103 Å². The number of hydrogen-bond donors (Lipinski definition) is 2. The Kier molecular flexibility index (Phi) is 2.26. The zero-order valence-electron chi connectivity index (χ0n) is 9.41. The van der Waals surface area contributed by atoms with E-state index >= 15 is 0 Å². The van der Waals surface area contributed by atoms with Gasteiger partial charge in [-0.1, -0.05) is 30.3 Å². The van der Waals surface area contributed by atoms with Crippen LogP contribution in [0.25, 0.3) is 22.3 Å². The Morgan fingerprint density at radius 2 is 1.50 bits per heavy atom. The van der Waals surface area contributed by atoms with Crippen LogP contribution in [0.5, 0.6) is 0 Å². The fourth-order valence-electron chi connectivity index (χ4n) is 1.71. The molecule has 0 aliphatic carbocycles. The maximum Gasteiger partial charge on any atom is 0.174 e. The fourth-order valence-corrected chi connectivity index (χ4v) is 1.71. The van der Waals surface area contributed by atoms with Crippen LogP contribution in [-0.2, 0) is 0 Å². The van der Waals surface area contributed by atoms with Crippen LogP contribution in [0.3, 0.4) is 0 Å². The quantitative estimate of drug-likeness (QED) is 0.661. The molecule has 6 nitrogen and oxygen atoms in total. The average Bonchev–Trinajstić information content (AvgIpc) is 2.44. The number of anilines is 2. The second kappa shape index (κ2) is 3.92. The van der Waals surface area contributed by atoms with Crippen molar-refractivity contribution in [3.63, 3.8) is 0 Å². The minimum absolute atomic E-state index is 0.226. The predicted octanol–water partition coefficient (Wildman–Crippen LogP) is 1.25. The van der Waals surface area contributed by atoms with Crippen LogP contribution < -0.4 is 11.5 Å². The van der Waals surface area contributed by atoms with E-state index in [1.807, 2.05) is 30.3 Å². The molecule has 3 aromatic rings. The van der Waals surface area contributed by atoms with Crippen molar-refractivity contribution in [3.05, 3.63) is 36.5 Å². The Bertz CT molecular complexity index is 710. The summed E-state index contributed by atoms with van der Waals surface area (Å²) in [5.74, 6) is 0.454. The van der Waals surface area contributed by atoms with Crippen LogP contribution in [0.4, 0.5) is 11.6 Å². The molecule has 0 spiro atoms. The first-order chi connectivity index (χ1) is 8.75. The Morgan fingerprint density at radius 1 is 0.833 bits per heavy atom. The van der Waals surface area contributed by atoms with Crippen LogP contribution in [0, 0.1) is 0 Å². The first-order valence-corrected chi connectivity index (χ1v) is 5.35. The van der Waals surface area contributed by atoms with E-state index in [9.17, 15) is 0 Å². The predicted molar refractivity (Wildman–Crippen MR) is 69.4 cm³/mol. The van der Waals surface area contributed by atoms with E-state index < -0.39 is 0 Å². The molecular weight excluding hydrogens is 228 g/mol. The van der Waals surface area contributed by atoms with E-state index in [1.54, 1.807) is 6.20 Å². The number of aromatic nitrogens is 4. The number of benzene rings is 1. The Balaban J connectivity index is 2.26. The molecule has 2 aromatic heterocycles. The largest absolute Gasteiger partial charge is 0.380 e. The van der Waals surface area contributed by atoms with E-state index in [-0.39, 0.29) is 11.6 Å². The van der Waals surface area contributed by atoms with Crippen molar-refractivity contribution < 1.29 is 0 Å². The number of nitrogen functional groups attached to an aromatic ring is 2. The van der Waals surface area contributed by atoms with E-state index in [4.69, 9.17) is 11.5 Å². The van der Waals surface area contributed by atoms with Gasteiger partial charge in [0.15, 0.2) is 11.6 Å². The van der Waals surface area contributed by atoms with E-state index in [0.29, 0.717) is 11.0 Å². The zero-order chi connectivity index (χ0) is 12.5. The van der Waals surface area contributed by atoms with Crippen LogP contribution in [-0.4, -0.2) is 20.2 Å². The summed E-state index contributed by atoms with van der Waals surface area (Å²) in [6.07, 6.45) is 1.65. The molecule has 0 aliphatic heterocycles. The van der Waals surface area contributed by atoms with Crippen LogP contribution in [0.15, 0.2) is 36.5 Å². The zero-order valence-corrected chi connectivity index (χ0v) is 9.41. The molecule has 4 N–H and O–H groups in total. The van der Waals surface area contributed by atoms with Gasteiger partial charge in [-0.25, -0.2) is 9.97 Å². The SMILES string of the molecule is Nc1nnc(N)c2nc(-c3ccccc3)cnc12. The molecule has 88 valence electrons. The highest BCUT2D eigenvalue weighted by atomic mass is 15.2. The molecule has 0 atom stereocenters. The lowest BCUT2D eigenvalue weighted by molar-refractivity contribution is 1.06. The van der Waals surface area contributed by atoms with E-state index in [0.717, 1.165) is 11.3 Å². The van der Waals surface area contributed by atoms with Crippen molar-refractivity contribution >= 4 is 22.7 Å². The molecule has 0 aliphatic rings. The van der Waals surface area contributed by atoms with Crippen molar-refractivity contribution in [2.75, 3.05) is 11.5 Å². The lowest BCUT2D eigenvalue weighted by Gasteiger charge is -2.04. The van der Waals surface area contributed by atoms with Gasteiger partial charge in [-0.15, -0.1) is 10.2 Å². The minimum atomic E-state index is 0.226. The number of fused-ring (bicyclic) bond motifs is 1. The number of nitrogens with zero attached hydrogens (tertiary/aromatic N) is 4. The van der Waals surface area contributed by atoms with Gasteiger partial charge in [-0.05, 0) is 0 Å². The summed E-state index contributed by atoms with van der Waals surface area (Å²) in [6.45, 7) is 0. The molecule has 6 heteroatoms. The third kappa shape index (κ3) is 1.60. The Morgan fingerprint density at radius 3 is 2.22 bits per heavy atom. The molecule has 18 heavy (non-hydrogen) atoms. The highest BCUT2D eigenvalue weighted by Crippen LogP contribution is 2.22. The summed E-state index contributed by atoms with van der Waals surface area (Å²) in [7, 11) is 0.